The van der Waals surface area contributed by atoms with Gasteiger partial charge < -0.3 is 10.4 Å². The van der Waals surface area contributed by atoms with Crippen molar-refractivity contribution in [2.75, 3.05) is 13.2 Å². The van der Waals surface area contributed by atoms with Crippen LogP contribution in [0.2, 0.25) is 0 Å². The average molecular weight is 212 g/mol. The van der Waals surface area contributed by atoms with Crippen LogP contribution in [-0.2, 0) is 0 Å². The maximum Gasteiger partial charge on any atom is 0.0431 e. The standard InChI is InChI=1S/C8H15Cl2NO/c1-7(3-2-4-12)11-6-8(10)5-9/h5,7,11-12H,2-4,6H2,1H3. The molecule has 1 unspecified atom stereocenters. The van der Waals surface area contributed by atoms with E-state index < -0.39 is 0 Å². The molecular weight excluding hydrogens is 197 g/mol. The second-order valence-corrected chi connectivity index (χ2v) is 3.41. The smallest absolute Gasteiger partial charge is 0.0431 e. The highest BCUT2D eigenvalue weighted by molar-refractivity contribution is 6.36. The van der Waals surface area contributed by atoms with Crippen LogP contribution >= 0.6 is 23.2 Å². The number of hydrogen-bond acceptors (Lipinski definition) is 2. The zero-order valence-electron chi connectivity index (χ0n) is 7.19. The average Bonchev–Trinajstić information content (AvgIpc) is 2.10. The van der Waals surface area contributed by atoms with E-state index in [1.807, 2.05) is 6.92 Å². The van der Waals surface area contributed by atoms with Gasteiger partial charge in [-0.15, -0.1) is 0 Å². The fourth-order valence-corrected chi connectivity index (χ4v) is 0.964. The van der Waals surface area contributed by atoms with Crippen LogP contribution in [0.3, 0.4) is 0 Å². The maximum absolute atomic E-state index is 8.55. The Labute approximate surface area is 83.6 Å². The molecule has 0 saturated heterocycles. The summed E-state index contributed by atoms with van der Waals surface area (Å²) in [6.07, 6.45) is 1.76. The molecule has 0 aliphatic carbocycles. The fraction of sp³-hybridized carbons (Fsp3) is 0.750. The van der Waals surface area contributed by atoms with E-state index in [2.05, 4.69) is 5.32 Å². The van der Waals surface area contributed by atoms with Gasteiger partial charge in [-0.25, -0.2) is 0 Å². The van der Waals surface area contributed by atoms with Gasteiger partial charge in [-0.2, -0.15) is 0 Å². The summed E-state index contributed by atoms with van der Waals surface area (Å²) < 4.78 is 0. The van der Waals surface area contributed by atoms with Gasteiger partial charge >= 0.3 is 0 Å². The van der Waals surface area contributed by atoms with Crippen LogP contribution < -0.4 is 5.32 Å². The highest BCUT2D eigenvalue weighted by Crippen LogP contribution is 2.02. The minimum atomic E-state index is 0.241. The first-order valence-electron chi connectivity index (χ1n) is 3.99. The first-order chi connectivity index (χ1) is 5.70. The zero-order chi connectivity index (χ0) is 9.40. The second kappa shape index (κ2) is 7.87. The number of halogens is 2. The van der Waals surface area contributed by atoms with Crippen molar-refractivity contribution >= 4 is 23.2 Å². The van der Waals surface area contributed by atoms with Crippen LogP contribution in [0.5, 0.6) is 0 Å². The largest absolute Gasteiger partial charge is 0.396 e. The monoisotopic (exact) mass is 211 g/mol. The molecule has 0 aliphatic heterocycles. The Hall–Kier alpha value is 0.240. The van der Waals surface area contributed by atoms with Crippen LogP contribution in [0.25, 0.3) is 0 Å². The van der Waals surface area contributed by atoms with Crippen molar-refractivity contribution in [3.05, 3.63) is 10.6 Å². The van der Waals surface area contributed by atoms with Gasteiger partial charge in [0.25, 0.3) is 0 Å². The second-order valence-electron chi connectivity index (χ2n) is 2.70. The molecule has 2 N–H and O–H groups in total. The van der Waals surface area contributed by atoms with Gasteiger partial charge in [-0.1, -0.05) is 23.2 Å². The summed E-state index contributed by atoms with van der Waals surface area (Å²) in [5.41, 5.74) is 1.35. The zero-order valence-corrected chi connectivity index (χ0v) is 8.70. The third-order valence-electron chi connectivity index (χ3n) is 1.53. The lowest BCUT2D eigenvalue weighted by Gasteiger charge is -2.11. The molecule has 4 heteroatoms. The first-order valence-corrected chi connectivity index (χ1v) is 4.81. The molecule has 0 rings (SSSR count). The van der Waals surface area contributed by atoms with Crippen molar-refractivity contribution in [2.24, 2.45) is 0 Å². The molecular formula is C8H15Cl2NO. The summed E-state index contributed by atoms with van der Waals surface area (Å²) in [6.45, 7) is 2.89. The highest BCUT2D eigenvalue weighted by atomic mass is 35.5. The molecule has 1 atom stereocenters. The topological polar surface area (TPSA) is 32.3 Å². The van der Waals surface area contributed by atoms with Crippen LogP contribution in [0.15, 0.2) is 10.6 Å². The Bertz CT molecular complexity index is 139. The molecule has 72 valence electrons. The summed E-state index contributed by atoms with van der Waals surface area (Å²) >= 11 is 11.0. The first kappa shape index (κ1) is 12.2. The number of nitrogens with one attached hydrogen (secondary N) is 1. The van der Waals surface area contributed by atoms with E-state index in [1.165, 1.54) is 5.54 Å². The molecule has 0 aromatic heterocycles. The lowest BCUT2D eigenvalue weighted by molar-refractivity contribution is 0.277. The number of aliphatic hydroxyl groups is 1. The Kier molecular flexibility index (Phi) is 8.02. The quantitative estimate of drug-likeness (QED) is 0.706. The molecule has 0 saturated carbocycles. The highest BCUT2D eigenvalue weighted by Gasteiger charge is 2.00. The van der Waals surface area contributed by atoms with Gasteiger partial charge in [0.15, 0.2) is 0 Å². The predicted octanol–water partition coefficient (Wildman–Crippen LogP) is 2.06. The lowest BCUT2D eigenvalue weighted by Crippen LogP contribution is -2.27. The van der Waals surface area contributed by atoms with E-state index in [4.69, 9.17) is 28.3 Å². The third-order valence-corrected chi connectivity index (χ3v) is 2.15. The summed E-state index contributed by atoms with van der Waals surface area (Å²) in [5.74, 6) is 0. The van der Waals surface area contributed by atoms with E-state index in [9.17, 15) is 0 Å². The van der Waals surface area contributed by atoms with Gasteiger partial charge in [-0.05, 0) is 19.8 Å². The fourth-order valence-electron chi connectivity index (χ4n) is 0.810. The van der Waals surface area contributed by atoms with E-state index in [-0.39, 0.29) is 6.61 Å². The van der Waals surface area contributed by atoms with Crippen molar-refractivity contribution in [1.29, 1.82) is 0 Å². The van der Waals surface area contributed by atoms with E-state index in [0.29, 0.717) is 17.6 Å². The molecule has 12 heavy (non-hydrogen) atoms. The molecule has 0 bridgehead atoms. The molecule has 0 aromatic rings. The maximum atomic E-state index is 8.55. The number of hydrogen-bond donors (Lipinski definition) is 2. The molecule has 0 heterocycles. The molecule has 0 radical (unpaired) electrons. The normalized spacial score (nSPS) is 14.8. The summed E-state index contributed by atoms with van der Waals surface area (Å²) in [4.78, 5) is 0. The van der Waals surface area contributed by atoms with Crippen molar-refractivity contribution < 1.29 is 5.11 Å². The van der Waals surface area contributed by atoms with Gasteiger partial charge in [0.2, 0.25) is 0 Å². The Morgan fingerprint density at radius 3 is 2.83 bits per heavy atom. The SMILES string of the molecule is CC(CCCO)NCC(Cl)=CCl. The Morgan fingerprint density at radius 1 is 1.67 bits per heavy atom. The molecule has 2 nitrogen and oxygen atoms in total. The van der Waals surface area contributed by atoms with Crippen LogP contribution in [-0.4, -0.2) is 24.3 Å². The minimum Gasteiger partial charge on any atom is -0.396 e. The molecule has 0 aromatic carbocycles. The van der Waals surface area contributed by atoms with E-state index in [0.717, 1.165) is 12.8 Å². The number of aliphatic hydroxyl groups excluding tert-OH is 1. The minimum absolute atomic E-state index is 0.241. The predicted molar refractivity (Wildman–Crippen MR) is 53.6 cm³/mol. The summed E-state index contributed by atoms with van der Waals surface area (Å²) in [7, 11) is 0. The van der Waals surface area contributed by atoms with Crippen molar-refractivity contribution in [2.45, 2.75) is 25.8 Å². The Balaban J connectivity index is 3.37. The molecule has 0 spiro atoms. The van der Waals surface area contributed by atoms with Gasteiger partial charge in [0, 0.05) is 29.8 Å². The number of rotatable bonds is 6. The van der Waals surface area contributed by atoms with Gasteiger partial charge in [0.05, 0.1) is 0 Å². The van der Waals surface area contributed by atoms with Crippen LogP contribution in [0, 0.1) is 0 Å². The van der Waals surface area contributed by atoms with Crippen LogP contribution in [0.4, 0.5) is 0 Å². The van der Waals surface area contributed by atoms with Crippen LogP contribution in [0.1, 0.15) is 19.8 Å². The van der Waals surface area contributed by atoms with E-state index >= 15 is 0 Å². The molecule has 0 fully saturated rings. The summed E-state index contributed by atoms with van der Waals surface area (Å²) in [5, 5.41) is 12.3. The van der Waals surface area contributed by atoms with Gasteiger partial charge in [0.1, 0.15) is 0 Å². The third kappa shape index (κ3) is 6.92. The van der Waals surface area contributed by atoms with E-state index in [1.54, 1.807) is 0 Å². The Morgan fingerprint density at radius 2 is 2.33 bits per heavy atom. The summed E-state index contributed by atoms with van der Waals surface area (Å²) in [6, 6.07) is 0.363. The lowest BCUT2D eigenvalue weighted by atomic mass is 10.2. The van der Waals surface area contributed by atoms with Crippen molar-refractivity contribution in [3.63, 3.8) is 0 Å². The molecule has 0 aliphatic rings. The van der Waals surface area contributed by atoms with Crippen molar-refractivity contribution in [3.8, 4) is 0 Å². The van der Waals surface area contributed by atoms with Crippen molar-refractivity contribution in [1.82, 2.24) is 5.32 Å². The van der Waals surface area contributed by atoms with Gasteiger partial charge in [-0.3, -0.25) is 0 Å². The molecule has 0 amide bonds.